The van der Waals surface area contributed by atoms with Crippen molar-refractivity contribution in [2.45, 2.75) is 45.1 Å². The first-order valence-corrected chi connectivity index (χ1v) is 9.88. The molecule has 0 radical (unpaired) electrons. The van der Waals surface area contributed by atoms with Crippen molar-refractivity contribution < 1.29 is 19.2 Å². The number of anilines is 1. The molecule has 0 spiro atoms. The van der Waals surface area contributed by atoms with Gasteiger partial charge in [-0.15, -0.1) is 0 Å². The Kier molecular flexibility index (Phi) is 5.26. The van der Waals surface area contributed by atoms with Crippen molar-refractivity contribution in [2.75, 3.05) is 5.32 Å². The normalized spacial score (nSPS) is 13.8. The van der Waals surface area contributed by atoms with Crippen molar-refractivity contribution >= 4 is 17.6 Å². The van der Waals surface area contributed by atoms with Crippen molar-refractivity contribution in [1.29, 1.82) is 0 Å². The number of hydrogen-bond acceptors (Lipinski definition) is 6. The lowest BCUT2D eigenvalue weighted by molar-refractivity contribution is 0.0988. The maximum absolute atomic E-state index is 12.6. The fourth-order valence-electron chi connectivity index (χ4n) is 3.34. The highest BCUT2D eigenvalue weighted by Crippen LogP contribution is 2.39. The molecule has 156 valence electrons. The number of hydrogen-bond donors (Lipinski definition) is 3. The largest absolute Gasteiger partial charge is 0.507 e. The molecule has 1 fully saturated rings. The van der Waals surface area contributed by atoms with E-state index in [4.69, 9.17) is 4.52 Å². The van der Waals surface area contributed by atoms with Crippen molar-refractivity contribution in [3.8, 4) is 17.0 Å². The number of aromatic nitrogens is 3. The Morgan fingerprint density at radius 2 is 2.03 bits per heavy atom. The van der Waals surface area contributed by atoms with E-state index in [1.165, 1.54) is 23.0 Å². The van der Waals surface area contributed by atoms with Crippen LogP contribution >= 0.6 is 0 Å². The Hall–Kier alpha value is -3.62. The molecular weight excluding hydrogens is 386 g/mol. The van der Waals surface area contributed by atoms with E-state index >= 15 is 0 Å². The predicted octanol–water partition coefficient (Wildman–Crippen LogP) is 3.73. The molecule has 9 heteroatoms. The van der Waals surface area contributed by atoms with E-state index in [1.807, 2.05) is 19.9 Å². The summed E-state index contributed by atoms with van der Waals surface area (Å²) in [6, 6.07) is 7.74. The Morgan fingerprint density at radius 1 is 1.23 bits per heavy atom. The average molecular weight is 409 g/mol. The first-order chi connectivity index (χ1) is 14.4. The fraction of sp³-hybridized carbons (Fsp3) is 0.333. The Bertz CT molecular complexity index is 1070. The van der Waals surface area contributed by atoms with Crippen LogP contribution in [0.5, 0.6) is 5.75 Å². The standard InChI is InChI=1S/C21H23N5O4/c1-12(2)23-21(29)26-17(13-4-3-5-13)11-16(25-26)15-7-6-14(10-18(15)27)24-20(28)19-8-9-22-30-19/h6-13,27H,3-5H2,1-2H3,(H,23,29)(H,24,28). The Morgan fingerprint density at radius 3 is 2.63 bits per heavy atom. The van der Waals surface area contributed by atoms with E-state index in [-0.39, 0.29) is 29.5 Å². The van der Waals surface area contributed by atoms with Crippen LogP contribution in [0.25, 0.3) is 11.3 Å². The number of aromatic hydroxyl groups is 1. The third kappa shape index (κ3) is 3.91. The number of carbonyl (C=O) groups is 2. The van der Waals surface area contributed by atoms with E-state index in [0.717, 1.165) is 25.0 Å². The Balaban J connectivity index is 1.61. The minimum atomic E-state index is -0.471. The van der Waals surface area contributed by atoms with Gasteiger partial charge in [-0.2, -0.15) is 9.78 Å². The number of phenols is 1. The fourth-order valence-corrected chi connectivity index (χ4v) is 3.34. The van der Waals surface area contributed by atoms with Crippen LogP contribution in [0.2, 0.25) is 0 Å². The molecule has 1 saturated carbocycles. The molecule has 0 atom stereocenters. The Labute approximate surface area is 173 Å². The van der Waals surface area contributed by atoms with E-state index < -0.39 is 5.91 Å². The summed E-state index contributed by atoms with van der Waals surface area (Å²) in [6.45, 7) is 3.78. The van der Waals surface area contributed by atoms with Crippen LogP contribution in [0.3, 0.4) is 0 Å². The number of amides is 2. The zero-order chi connectivity index (χ0) is 21.3. The van der Waals surface area contributed by atoms with E-state index in [0.29, 0.717) is 16.9 Å². The van der Waals surface area contributed by atoms with Gasteiger partial charge < -0.3 is 20.3 Å². The minimum Gasteiger partial charge on any atom is -0.507 e. The summed E-state index contributed by atoms with van der Waals surface area (Å²) >= 11 is 0. The second-order valence-electron chi connectivity index (χ2n) is 7.66. The number of rotatable bonds is 5. The molecule has 1 aliphatic carbocycles. The molecule has 2 aromatic heterocycles. The lowest BCUT2D eigenvalue weighted by atomic mass is 9.82. The summed E-state index contributed by atoms with van der Waals surface area (Å²) in [5.41, 5.74) is 2.22. The van der Waals surface area contributed by atoms with Gasteiger partial charge in [0.2, 0.25) is 5.76 Å². The van der Waals surface area contributed by atoms with Gasteiger partial charge in [0.1, 0.15) is 5.75 Å². The van der Waals surface area contributed by atoms with Gasteiger partial charge in [0.15, 0.2) is 0 Å². The van der Waals surface area contributed by atoms with Crippen LogP contribution in [-0.4, -0.2) is 38.0 Å². The predicted molar refractivity (Wildman–Crippen MR) is 109 cm³/mol. The first-order valence-electron chi connectivity index (χ1n) is 9.88. The number of nitrogens with zero attached hydrogens (tertiary/aromatic N) is 3. The molecule has 0 aliphatic heterocycles. The number of carbonyl (C=O) groups excluding carboxylic acids is 2. The van der Waals surface area contributed by atoms with E-state index in [2.05, 4.69) is 20.9 Å². The summed E-state index contributed by atoms with van der Waals surface area (Å²) < 4.78 is 6.22. The lowest BCUT2D eigenvalue weighted by Gasteiger charge is -2.25. The van der Waals surface area contributed by atoms with E-state index in [1.54, 1.807) is 12.1 Å². The van der Waals surface area contributed by atoms with Gasteiger partial charge in [0, 0.05) is 35.3 Å². The first kappa shape index (κ1) is 19.7. The van der Waals surface area contributed by atoms with Crippen molar-refractivity contribution in [1.82, 2.24) is 20.3 Å². The average Bonchev–Trinajstić information content (AvgIpc) is 3.30. The number of nitrogens with one attached hydrogen (secondary N) is 2. The molecule has 2 heterocycles. The van der Waals surface area contributed by atoms with Gasteiger partial charge in [-0.1, -0.05) is 11.6 Å². The molecule has 3 N–H and O–H groups in total. The van der Waals surface area contributed by atoms with Crippen LogP contribution in [0, 0.1) is 0 Å². The minimum absolute atomic E-state index is 0.0138. The number of phenolic OH excluding ortho intramolecular Hbond substituents is 1. The third-order valence-electron chi connectivity index (χ3n) is 5.06. The van der Waals surface area contributed by atoms with Gasteiger partial charge in [-0.05, 0) is 44.9 Å². The molecule has 0 unspecified atom stereocenters. The van der Waals surface area contributed by atoms with Crippen LogP contribution in [-0.2, 0) is 0 Å². The second-order valence-corrected chi connectivity index (χ2v) is 7.66. The van der Waals surface area contributed by atoms with Gasteiger partial charge >= 0.3 is 6.03 Å². The van der Waals surface area contributed by atoms with Crippen LogP contribution in [0.1, 0.15) is 55.3 Å². The molecule has 9 nitrogen and oxygen atoms in total. The van der Waals surface area contributed by atoms with Gasteiger partial charge in [0.05, 0.1) is 17.6 Å². The highest BCUT2D eigenvalue weighted by Gasteiger charge is 2.27. The summed E-state index contributed by atoms with van der Waals surface area (Å²) in [5.74, 6) is -0.175. The molecule has 4 rings (SSSR count). The molecule has 1 aliphatic rings. The topological polar surface area (TPSA) is 122 Å². The van der Waals surface area contributed by atoms with Crippen LogP contribution in [0.15, 0.2) is 41.1 Å². The summed E-state index contributed by atoms with van der Waals surface area (Å²) in [5, 5.41) is 24.0. The van der Waals surface area contributed by atoms with Gasteiger partial charge in [0.25, 0.3) is 5.91 Å². The highest BCUT2D eigenvalue weighted by molar-refractivity contribution is 6.02. The molecule has 30 heavy (non-hydrogen) atoms. The second kappa shape index (κ2) is 8.02. The third-order valence-corrected chi connectivity index (χ3v) is 5.06. The molecule has 2 amide bonds. The zero-order valence-corrected chi connectivity index (χ0v) is 16.8. The quantitative estimate of drug-likeness (QED) is 0.590. The highest BCUT2D eigenvalue weighted by atomic mass is 16.5. The molecule has 0 bridgehead atoms. The monoisotopic (exact) mass is 409 g/mol. The zero-order valence-electron chi connectivity index (χ0n) is 16.8. The maximum Gasteiger partial charge on any atom is 0.342 e. The van der Waals surface area contributed by atoms with Crippen LogP contribution < -0.4 is 10.6 Å². The summed E-state index contributed by atoms with van der Waals surface area (Å²) in [6.07, 6.45) is 4.53. The maximum atomic E-state index is 12.6. The van der Waals surface area contributed by atoms with Crippen molar-refractivity contribution in [2.24, 2.45) is 0 Å². The van der Waals surface area contributed by atoms with Crippen LogP contribution in [0.4, 0.5) is 10.5 Å². The van der Waals surface area contributed by atoms with Gasteiger partial charge in [-0.3, -0.25) is 4.79 Å². The molecule has 0 saturated heterocycles. The van der Waals surface area contributed by atoms with Gasteiger partial charge in [-0.25, -0.2) is 4.79 Å². The van der Waals surface area contributed by atoms with E-state index in [9.17, 15) is 14.7 Å². The smallest absolute Gasteiger partial charge is 0.342 e. The summed E-state index contributed by atoms with van der Waals surface area (Å²) in [7, 11) is 0. The number of benzene rings is 1. The SMILES string of the molecule is CC(C)NC(=O)n1nc(-c2ccc(NC(=O)c3ccno3)cc2O)cc1C1CCC1. The summed E-state index contributed by atoms with van der Waals surface area (Å²) in [4.78, 5) is 24.7. The van der Waals surface area contributed by atoms with Crippen molar-refractivity contribution in [3.05, 3.63) is 48.0 Å². The lowest BCUT2D eigenvalue weighted by Crippen LogP contribution is -2.36. The molecular formula is C21H23N5O4. The molecule has 1 aromatic carbocycles. The molecule has 3 aromatic rings. The van der Waals surface area contributed by atoms with Crippen molar-refractivity contribution in [3.63, 3.8) is 0 Å².